The van der Waals surface area contributed by atoms with Gasteiger partial charge >= 0.3 is 5.97 Å². The molecule has 70 valence electrons. The number of nitrogens with one attached hydrogen (secondary N) is 1. The Balaban J connectivity index is 2.36. The third kappa shape index (κ3) is 2.94. The van der Waals surface area contributed by atoms with Gasteiger partial charge in [0.05, 0.1) is 6.54 Å². The zero-order valence-electron chi connectivity index (χ0n) is 7.14. The van der Waals surface area contributed by atoms with Crippen LogP contribution in [0.4, 0.5) is 0 Å². The van der Waals surface area contributed by atoms with E-state index in [2.05, 4.69) is 15.5 Å². The van der Waals surface area contributed by atoms with E-state index in [-0.39, 0.29) is 0 Å². The van der Waals surface area contributed by atoms with Gasteiger partial charge in [-0.2, -0.15) is 0 Å². The number of aromatic nitrogens is 3. The second-order valence-electron chi connectivity index (χ2n) is 2.41. The average Bonchev–Trinajstić information content (AvgIpc) is 2.45. The fraction of sp³-hybridized carbons (Fsp3) is 0.286. The maximum absolute atomic E-state index is 10.1. The molecular formula is C7H10N4O2. The topological polar surface area (TPSA) is 80.0 Å². The quantitative estimate of drug-likeness (QED) is 0.614. The van der Waals surface area contributed by atoms with Crippen LogP contribution in [0.5, 0.6) is 0 Å². The Labute approximate surface area is 74.9 Å². The fourth-order valence-corrected chi connectivity index (χ4v) is 0.748. The average molecular weight is 182 g/mol. The van der Waals surface area contributed by atoms with Crippen molar-refractivity contribution in [1.82, 2.24) is 20.1 Å². The van der Waals surface area contributed by atoms with Crippen molar-refractivity contribution >= 4 is 5.97 Å². The van der Waals surface area contributed by atoms with Gasteiger partial charge in [0.15, 0.2) is 5.82 Å². The summed E-state index contributed by atoms with van der Waals surface area (Å²) in [6.45, 7) is 0.459. The first-order valence-corrected chi connectivity index (χ1v) is 3.66. The number of hydrogen-bond acceptors (Lipinski definition) is 4. The molecule has 0 aromatic carbocycles. The van der Waals surface area contributed by atoms with Gasteiger partial charge in [-0.1, -0.05) is 0 Å². The minimum atomic E-state index is -0.981. The fourth-order valence-electron chi connectivity index (χ4n) is 0.748. The van der Waals surface area contributed by atoms with Crippen LogP contribution in [0, 0.1) is 0 Å². The van der Waals surface area contributed by atoms with Crippen LogP contribution in [0.1, 0.15) is 5.82 Å². The Bertz CT molecular complexity index is 318. The Morgan fingerprint density at radius 2 is 2.62 bits per heavy atom. The molecule has 0 atom stereocenters. The zero-order chi connectivity index (χ0) is 9.68. The van der Waals surface area contributed by atoms with Crippen LogP contribution in [0.3, 0.4) is 0 Å². The van der Waals surface area contributed by atoms with E-state index in [4.69, 9.17) is 5.11 Å². The maximum atomic E-state index is 10.1. The molecule has 6 heteroatoms. The summed E-state index contributed by atoms with van der Waals surface area (Å²) < 4.78 is 1.75. The molecule has 1 aromatic rings. The van der Waals surface area contributed by atoms with Gasteiger partial charge in [0.25, 0.3) is 0 Å². The third-order valence-electron chi connectivity index (χ3n) is 1.41. The van der Waals surface area contributed by atoms with E-state index in [1.807, 2.05) is 7.05 Å². The molecule has 0 unspecified atom stereocenters. The van der Waals surface area contributed by atoms with Gasteiger partial charge in [-0.05, 0) is 0 Å². The molecule has 0 aliphatic heterocycles. The summed E-state index contributed by atoms with van der Waals surface area (Å²) in [5, 5.41) is 18.5. The molecule has 2 N–H and O–H groups in total. The van der Waals surface area contributed by atoms with Crippen molar-refractivity contribution in [2.45, 2.75) is 6.54 Å². The lowest BCUT2D eigenvalue weighted by molar-refractivity contribution is -0.131. The molecule has 1 aromatic heterocycles. The molecule has 0 spiro atoms. The largest absolute Gasteiger partial charge is 0.478 e. The Hall–Kier alpha value is -1.85. The van der Waals surface area contributed by atoms with Crippen molar-refractivity contribution in [1.29, 1.82) is 0 Å². The number of aliphatic carboxylic acids is 1. The van der Waals surface area contributed by atoms with Gasteiger partial charge in [0, 0.05) is 19.3 Å². The third-order valence-corrected chi connectivity index (χ3v) is 1.41. The zero-order valence-corrected chi connectivity index (χ0v) is 7.14. The molecule has 0 aliphatic carbocycles. The Morgan fingerprint density at radius 3 is 3.15 bits per heavy atom. The first kappa shape index (κ1) is 9.24. The number of carboxylic acid groups (broad SMARTS) is 1. The van der Waals surface area contributed by atoms with Crippen molar-refractivity contribution in [2.75, 3.05) is 0 Å². The normalized spacial score (nSPS) is 10.5. The number of aryl methyl sites for hydroxylation is 1. The molecule has 0 aliphatic rings. The second-order valence-corrected chi connectivity index (χ2v) is 2.41. The first-order valence-electron chi connectivity index (χ1n) is 3.66. The van der Waals surface area contributed by atoms with E-state index in [0.29, 0.717) is 6.54 Å². The number of hydrogen-bond donors (Lipinski definition) is 2. The van der Waals surface area contributed by atoms with E-state index in [1.165, 1.54) is 6.20 Å². The highest BCUT2D eigenvalue weighted by Gasteiger charge is 1.96. The predicted octanol–water partition coefficient (Wildman–Crippen LogP) is -0.497. The summed E-state index contributed by atoms with van der Waals surface area (Å²) in [6, 6.07) is 0. The van der Waals surface area contributed by atoms with Crippen molar-refractivity contribution in [2.24, 2.45) is 7.05 Å². The summed E-state index contributed by atoms with van der Waals surface area (Å²) in [5.74, 6) is -0.236. The molecule has 6 nitrogen and oxygen atoms in total. The maximum Gasteiger partial charge on any atom is 0.329 e. The molecule has 1 rings (SSSR count). The standard InChI is InChI=1S/C7H10N4O2/c1-11-5-9-10-6(11)4-8-3-2-7(12)13/h2-3,5,8H,4H2,1H3,(H,12,13)/b3-2+. The minimum absolute atomic E-state index is 0.459. The number of carboxylic acids is 1. The van der Waals surface area contributed by atoms with Crippen LogP contribution < -0.4 is 5.32 Å². The van der Waals surface area contributed by atoms with E-state index in [1.54, 1.807) is 10.9 Å². The van der Waals surface area contributed by atoms with E-state index in [0.717, 1.165) is 11.9 Å². The highest BCUT2D eigenvalue weighted by molar-refractivity contribution is 5.79. The summed E-state index contributed by atoms with van der Waals surface area (Å²) in [7, 11) is 1.82. The van der Waals surface area contributed by atoms with Crippen molar-refractivity contribution in [3.63, 3.8) is 0 Å². The van der Waals surface area contributed by atoms with Gasteiger partial charge in [0.1, 0.15) is 6.33 Å². The van der Waals surface area contributed by atoms with Crippen LogP contribution in [0.2, 0.25) is 0 Å². The van der Waals surface area contributed by atoms with E-state index >= 15 is 0 Å². The van der Waals surface area contributed by atoms with Gasteiger partial charge < -0.3 is 15.0 Å². The number of carbonyl (C=O) groups is 1. The lowest BCUT2D eigenvalue weighted by Crippen LogP contribution is -2.10. The highest BCUT2D eigenvalue weighted by atomic mass is 16.4. The summed E-state index contributed by atoms with van der Waals surface area (Å²) in [5.41, 5.74) is 0. The minimum Gasteiger partial charge on any atom is -0.478 e. The molecule has 0 amide bonds. The van der Waals surface area contributed by atoms with Gasteiger partial charge in [0.2, 0.25) is 0 Å². The van der Waals surface area contributed by atoms with Crippen LogP contribution in [-0.4, -0.2) is 25.8 Å². The number of nitrogens with zero attached hydrogens (tertiary/aromatic N) is 3. The molecule has 0 radical (unpaired) electrons. The highest BCUT2D eigenvalue weighted by Crippen LogP contribution is 1.89. The van der Waals surface area contributed by atoms with E-state index in [9.17, 15) is 4.79 Å². The van der Waals surface area contributed by atoms with Crippen LogP contribution >= 0.6 is 0 Å². The van der Waals surface area contributed by atoms with E-state index < -0.39 is 5.97 Å². The van der Waals surface area contributed by atoms with Crippen molar-refractivity contribution < 1.29 is 9.90 Å². The summed E-state index contributed by atoms with van der Waals surface area (Å²) in [6.07, 6.45) is 3.96. The Morgan fingerprint density at radius 1 is 1.85 bits per heavy atom. The lowest BCUT2D eigenvalue weighted by Gasteiger charge is -1.98. The van der Waals surface area contributed by atoms with Crippen molar-refractivity contribution in [3.05, 3.63) is 24.4 Å². The smallest absolute Gasteiger partial charge is 0.329 e. The molecule has 0 bridgehead atoms. The molecule has 0 fully saturated rings. The summed E-state index contributed by atoms with van der Waals surface area (Å²) in [4.78, 5) is 10.1. The molecular weight excluding hydrogens is 172 g/mol. The lowest BCUT2D eigenvalue weighted by atomic mass is 10.5. The van der Waals surface area contributed by atoms with Crippen molar-refractivity contribution in [3.8, 4) is 0 Å². The molecule has 1 heterocycles. The van der Waals surface area contributed by atoms with Gasteiger partial charge in [-0.25, -0.2) is 4.79 Å². The molecule has 0 saturated heterocycles. The predicted molar refractivity (Wildman–Crippen MR) is 44.6 cm³/mol. The molecule has 13 heavy (non-hydrogen) atoms. The SMILES string of the molecule is Cn1cnnc1CN/C=C/C(=O)O. The Kier molecular flexibility index (Phi) is 3.02. The van der Waals surface area contributed by atoms with Gasteiger partial charge in [-0.15, -0.1) is 10.2 Å². The number of rotatable bonds is 4. The van der Waals surface area contributed by atoms with Crippen LogP contribution in [0.15, 0.2) is 18.6 Å². The molecule has 0 saturated carbocycles. The van der Waals surface area contributed by atoms with Crippen LogP contribution in [-0.2, 0) is 18.4 Å². The summed E-state index contributed by atoms with van der Waals surface area (Å²) >= 11 is 0. The second kappa shape index (κ2) is 4.24. The first-order chi connectivity index (χ1) is 6.20. The van der Waals surface area contributed by atoms with Gasteiger partial charge in [-0.3, -0.25) is 0 Å². The van der Waals surface area contributed by atoms with Crippen LogP contribution in [0.25, 0.3) is 0 Å². The monoisotopic (exact) mass is 182 g/mol.